The molecule has 1 aromatic rings. The third-order valence-electron chi connectivity index (χ3n) is 3.58. The monoisotopic (exact) mass is 307 g/mol. The fourth-order valence-corrected chi connectivity index (χ4v) is 3.28. The predicted molar refractivity (Wildman–Crippen MR) is 89.5 cm³/mol. The summed E-state index contributed by atoms with van der Waals surface area (Å²) in [5, 5.41) is 10.8. The molecule has 0 aromatic heterocycles. The molecule has 0 aliphatic rings. The van der Waals surface area contributed by atoms with E-state index in [1.807, 2.05) is 24.3 Å². The van der Waals surface area contributed by atoms with Crippen molar-refractivity contribution in [1.82, 2.24) is 0 Å². The first-order chi connectivity index (χ1) is 9.86. The summed E-state index contributed by atoms with van der Waals surface area (Å²) in [4.78, 5) is 11.4. The van der Waals surface area contributed by atoms with E-state index >= 15 is 0 Å². The molecule has 1 atom stereocenters. The van der Waals surface area contributed by atoms with Gasteiger partial charge in [0, 0.05) is 0 Å². The average molecular weight is 307 g/mol. The zero-order valence-corrected chi connectivity index (χ0v) is 14.5. The first kappa shape index (κ1) is 18.1. The molecule has 21 heavy (non-hydrogen) atoms. The van der Waals surface area contributed by atoms with E-state index in [4.69, 9.17) is 0 Å². The molecule has 0 radical (unpaired) electrons. The lowest BCUT2D eigenvalue weighted by molar-refractivity contribution is -0.305. The third kappa shape index (κ3) is 6.13. The summed E-state index contributed by atoms with van der Waals surface area (Å²) in [6.45, 7) is 8.63. The van der Waals surface area contributed by atoms with Gasteiger partial charge < -0.3 is 9.90 Å². The van der Waals surface area contributed by atoms with Crippen LogP contribution in [0.3, 0.4) is 0 Å². The Hall–Kier alpha value is -0.960. The molecular formula is C18H27O2S-. The van der Waals surface area contributed by atoms with Crippen LogP contribution in [-0.4, -0.2) is 11.7 Å². The summed E-state index contributed by atoms with van der Waals surface area (Å²) >= 11 is 1.48. The van der Waals surface area contributed by atoms with Crippen LogP contribution >= 0.6 is 11.8 Å². The van der Waals surface area contributed by atoms with Crippen LogP contribution in [0.2, 0.25) is 0 Å². The maximum atomic E-state index is 11.4. The van der Waals surface area contributed by atoms with Gasteiger partial charge in [0.1, 0.15) is 0 Å². The molecule has 1 rings (SSSR count). The Kier molecular flexibility index (Phi) is 7.30. The van der Waals surface area contributed by atoms with Crippen molar-refractivity contribution in [1.29, 1.82) is 0 Å². The normalized spacial score (nSPS) is 13.1. The minimum absolute atomic E-state index is 0.0861. The molecule has 0 saturated carbocycles. The summed E-state index contributed by atoms with van der Waals surface area (Å²) in [5.41, 5.74) is 2.14. The summed E-state index contributed by atoms with van der Waals surface area (Å²) < 4.78 is 0. The molecule has 0 aliphatic carbocycles. The second-order valence-electron chi connectivity index (χ2n) is 6.50. The fourth-order valence-electron chi connectivity index (χ4n) is 2.19. The van der Waals surface area contributed by atoms with Crippen molar-refractivity contribution in [3.8, 4) is 0 Å². The lowest BCUT2D eigenvalue weighted by Gasteiger charge is -2.22. The molecule has 0 spiro atoms. The van der Waals surface area contributed by atoms with E-state index in [9.17, 15) is 9.90 Å². The quantitative estimate of drug-likeness (QED) is 0.679. The van der Waals surface area contributed by atoms with Gasteiger partial charge in [-0.3, -0.25) is 0 Å². The summed E-state index contributed by atoms with van der Waals surface area (Å²) in [6.07, 6.45) is 4.66. The molecule has 0 saturated heterocycles. The number of carbonyl (C=O) groups is 1. The lowest BCUT2D eigenvalue weighted by atomic mass is 9.86. The highest BCUT2D eigenvalue weighted by molar-refractivity contribution is 8.00. The number of thioether (sulfide) groups is 1. The maximum absolute atomic E-state index is 11.4. The SMILES string of the molecule is CCCCCCSC(C(=O)[O-])c1ccc(C(C)(C)C)cc1. The first-order valence-corrected chi connectivity index (χ1v) is 8.84. The Balaban J connectivity index is 2.66. The smallest absolute Gasteiger partial charge is 0.0692 e. The Morgan fingerprint density at radius 2 is 1.76 bits per heavy atom. The van der Waals surface area contributed by atoms with Gasteiger partial charge >= 0.3 is 0 Å². The molecule has 118 valence electrons. The van der Waals surface area contributed by atoms with Crippen molar-refractivity contribution < 1.29 is 9.90 Å². The molecule has 2 nitrogen and oxygen atoms in total. The molecule has 3 heteroatoms. The number of carboxylic acid groups (broad SMARTS) is 1. The minimum Gasteiger partial charge on any atom is -0.549 e. The number of benzene rings is 1. The van der Waals surface area contributed by atoms with E-state index in [0.29, 0.717) is 0 Å². The van der Waals surface area contributed by atoms with Crippen LogP contribution in [0.4, 0.5) is 0 Å². The van der Waals surface area contributed by atoms with Gasteiger partial charge in [0.25, 0.3) is 0 Å². The van der Waals surface area contributed by atoms with E-state index in [1.165, 1.54) is 36.6 Å². The molecule has 1 aromatic carbocycles. The molecule has 0 aliphatic heterocycles. The zero-order chi connectivity index (χ0) is 15.9. The average Bonchev–Trinajstić information content (AvgIpc) is 2.41. The number of hydrogen-bond donors (Lipinski definition) is 0. The van der Waals surface area contributed by atoms with Gasteiger partial charge in [-0.25, -0.2) is 0 Å². The molecule has 0 N–H and O–H groups in total. The topological polar surface area (TPSA) is 40.1 Å². The van der Waals surface area contributed by atoms with E-state index in [0.717, 1.165) is 17.7 Å². The van der Waals surface area contributed by atoms with Crippen LogP contribution in [0.5, 0.6) is 0 Å². The number of aliphatic carboxylic acids is 1. The summed E-state index contributed by atoms with van der Waals surface area (Å²) in [6, 6.07) is 7.92. The molecule has 0 fully saturated rings. The van der Waals surface area contributed by atoms with Gasteiger partial charge in [-0.15, -0.1) is 11.8 Å². The first-order valence-electron chi connectivity index (χ1n) is 7.79. The van der Waals surface area contributed by atoms with Gasteiger partial charge in [-0.1, -0.05) is 71.2 Å². The van der Waals surface area contributed by atoms with Gasteiger partial charge in [-0.05, 0) is 28.7 Å². The van der Waals surface area contributed by atoms with Crippen LogP contribution in [0, 0.1) is 0 Å². The van der Waals surface area contributed by atoms with Crippen LogP contribution in [0.15, 0.2) is 24.3 Å². The highest BCUT2D eigenvalue weighted by Crippen LogP contribution is 2.31. The van der Waals surface area contributed by atoms with Gasteiger partial charge in [0.05, 0.1) is 11.2 Å². The highest BCUT2D eigenvalue weighted by atomic mass is 32.2. The lowest BCUT2D eigenvalue weighted by Crippen LogP contribution is -2.28. The number of carboxylic acids is 1. The Morgan fingerprint density at radius 3 is 2.24 bits per heavy atom. The molecule has 0 bridgehead atoms. The Labute approximate surface area is 133 Å². The number of carbonyl (C=O) groups excluding carboxylic acids is 1. The Bertz CT molecular complexity index is 432. The van der Waals surface area contributed by atoms with Crippen LogP contribution < -0.4 is 5.11 Å². The number of rotatable bonds is 8. The van der Waals surface area contributed by atoms with Crippen LogP contribution in [-0.2, 0) is 10.2 Å². The van der Waals surface area contributed by atoms with Crippen LogP contribution in [0.1, 0.15) is 69.8 Å². The largest absolute Gasteiger partial charge is 0.549 e. The zero-order valence-electron chi connectivity index (χ0n) is 13.6. The predicted octanol–water partition coefficient (Wildman–Crippen LogP) is 4.09. The van der Waals surface area contributed by atoms with Crippen LogP contribution in [0.25, 0.3) is 0 Å². The van der Waals surface area contributed by atoms with E-state index in [2.05, 4.69) is 27.7 Å². The number of hydrogen-bond acceptors (Lipinski definition) is 3. The Morgan fingerprint density at radius 1 is 1.14 bits per heavy atom. The van der Waals surface area contributed by atoms with E-state index in [-0.39, 0.29) is 5.41 Å². The molecular weight excluding hydrogens is 280 g/mol. The van der Waals surface area contributed by atoms with Crippen molar-refractivity contribution in [3.05, 3.63) is 35.4 Å². The summed E-state index contributed by atoms with van der Waals surface area (Å²) in [5.74, 6) is -0.112. The van der Waals surface area contributed by atoms with Gasteiger partial charge in [-0.2, -0.15) is 0 Å². The minimum atomic E-state index is -0.987. The van der Waals surface area contributed by atoms with Crippen molar-refractivity contribution in [3.63, 3.8) is 0 Å². The highest BCUT2D eigenvalue weighted by Gasteiger charge is 2.16. The summed E-state index contributed by atoms with van der Waals surface area (Å²) in [7, 11) is 0. The molecule has 1 unspecified atom stereocenters. The van der Waals surface area contributed by atoms with Gasteiger partial charge in [0.15, 0.2) is 0 Å². The van der Waals surface area contributed by atoms with Crippen molar-refractivity contribution >= 4 is 17.7 Å². The fraction of sp³-hybridized carbons (Fsp3) is 0.611. The maximum Gasteiger partial charge on any atom is 0.0692 e. The van der Waals surface area contributed by atoms with Crippen molar-refractivity contribution in [2.75, 3.05) is 5.75 Å². The molecule has 0 heterocycles. The van der Waals surface area contributed by atoms with Gasteiger partial charge in [0.2, 0.25) is 0 Å². The molecule has 0 amide bonds. The van der Waals surface area contributed by atoms with Crippen molar-refractivity contribution in [2.24, 2.45) is 0 Å². The van der Waals surface area contributed by atoms with E-state index in [1.54, 1.807) is 0 Å². The second kappa shape index (κ2) is 8.47. The van der Waals surface area contributed by atoms with E-state index < -0.39 is 11.2 Å². The third-order valence-corrected chi connectivity index (χ3v) is 4.90. The number of unbranched alkanes of at least 4 members (excludes halogenated alkanes) is 3. The van der Waals surface area contributed by atoms with Crippen molar-refractivity contribution in [2.45, 2.75) is 64.0 Å². The second-order valence-corrected chi connectivity index (χ2v) is 7.72. The standard InChI is InChI=1S/C18H28O2S/c1-5-6-7-8-13-21-16(17(19)20)14-9-11-15(12-10-14)18(2,3)4/h9-12,16H,5-8,13H2,1-4H3,(H,19,20)/p-1.